The van der Waals surface area contributed by atoms with Crippen molar-refractivity contribution in [1.82, 2.24) is 4.57 Å². The number of aromatic nitrogens is 1. The van der Waals surface area contributed by atoms with Crippen molar-refractivity contribution in [3.8, 4) is 46.0 Å². The molecule has 0 aliphatic carbocycles. The first-order valence-electron chi connectivity index (χ1n) is 5.93. The van der Waals surface area contributed by atoms with E-state index in [1.165, 1.54) is 7.05 Å². The van der Waals surface area contributed by atoms with Crippen LogP contribution in [0.25, 0.3) is 21.8 Å². The number of nitrogens with zero attached hydrogens (tertiary/aromatic N) is 1. The van der Waals surface area contributed by atoms with Crippen LogP contribution in [0, 0.1) is 0 Å². The van der Waals surface area contributed by atoms with Gasteiger partial charge in [-0.25, -0.2) is 0 Å². The van der Waals surface area contributed by atoms with Gasteiger partial charge in [0.15, 0.2) is 23.0 Å². The third kappa shape index (κ3) is 1.27. The van der Waals surface area contributed by atoms with Gasteiger partial charge in [0.1, 0.15) is 0 Å². The fraction of sp³-hybridized carbons (Fsp3) is 0.0769. The Labute approximate surface area is 121 Å². The molecule has 3 aromatic rings. The fourth-order valence-corrected chi connectivity index (χ4v) is 2.61. The largest absolute Gasteiger partial charge is 0.504 e. The third-order valence-electron chi connectivity index (χ3n) is 3.66. The SMILES string of the molecule is Cn1c2c(O)c(O)c(O)c(O)c2c2c(O)c(O)c(O)c(O)c21. The molecule has 0 spiro atoms. The first kappa shape index (κ1) is 13.6. The molecule has 8 N–H and O–H groups in total. The zero-order valence-electron chi connectivity index (χ0n) is 11.0. The topological polar surface area (TPSA) is 167 Å². The minimum Gasteiger partial charge on any atom is -0.504 e. The van der Waals surface area contributed by atoms with Gasteiger partial charge >= 0.3 is 0 Å². The van der Waals surface area contributed by atoms with E-state index in [2.05, 4.69) is 0 Å². The molecule has 0 aliphatic rings. The summed E-state index contributed by atoms with van der Waals surface area (Å²) in [6.45, 7) is 0. The minimum absolute atomic E-state index is 0.238. The lowest BCUT2D eigenvalue weighted by molar-refractivity contribution is 0.350. The van der Waals surface area contributed by atoms with Gasteiger partial charge in [-0.05, 0) is 0 Å². The van der Waals surface area contributed by atoms with Crippen molar-refractivity contribution in [3.63, 3.8) is 0 Å². The third-order valence-corrected chi connectivity index (χ3v) is 3.66. The quantitative estimate of drug-likeness (QED) is 0.224. The van der Waals surface area contributed by atoms with Crippen LogP contribution in [0.4, 0.5) is 0 Å². The molecule has 22 heavy (non-hydrogen) atoms. The number of phenols is 8. The van der Waals surface area contributed by atoms with E-state index in [0.29, 0.717) is 0 Å². The number of fused-ring (bicyclic) bond motifs is 3. The molecule has 9 heteroatoms. The molecule has 0 bridgehead atoms. The molecular weight excluding hydrogens is 298 g/mol. The molecule has 9 nitrogen and oxygen atoms in total. The summed E-state index contributed by atoms with van der Waals surface area (Å²) >= 11 is 0. The summed E-state index contributed by atoms with van der Waals surface area (Å²) in [7, 11) is 1.30. The molecule has 1 heterocycles. The molecule has 116 valence electrons. The summed E-state index contributed by atoms with van der Waals surface area (Å²) in [5, 5.41) is 77.6. The van der Waals surface area contributed by atoms with Crippen molar-refractivity contribution in [2.24, 2.45) is 7.05 Å². The Morgan fingerprint density at radius 2 is 0.727 bits per heavy atom. The molecule has 3 rings (SSSR count). The van der Waals surface area contributed by atoms with E-state index < -0.39 is 46.0 Å². The lowest BCUT2D eigenvalue weighted by atomic mass is 10.1. The van der Waals surface area contributed by atoms with Gasteiger partial charge in [-0.2, -0.15) is 0 Å². The average Bonchev–Trinajstić information content (AvgIpc) is 2.80. The van der Waals surface area contributed by atoms with Crippen LogP contribution in [0.15, 0.2) is 0 Å². The Morgan fingerprint density at radius 3 is 1.05 bits per heavy atom. The van der Waals surface area contributed by atoms with E-state index in [-0.39, 0.29) is 21.8 Å². The molecule has 0 fully saturated rings. The Morgan fingerprint density at radius 1 is 0.455 bits per heavy atom. The number of aromatic hydroxyl groups is 8. The first-order valence-corrected chi connectivity index (χ1v) is 5.93. The van der Waals surface area contributed by atoms with Crippen molar-refractivity contribution >= 4 is 21.8 Å². The average molecular weight is 309 g/mol. The molecule has 0 atom stereocenters. The van der Waals surface area contributed by atoms with Gasteiger partial charge in [0, 0.05) is 7.05 Å². The fourth-order valence-electron chi connectivity index (χ4n) is 2.61. The smallest absolute Gasteiger partial charge is 0.206 e. The standard InChI is InChI=1S/C13H11NO8/c1-14-4-2(6(15)10(19)12(21)8(4)17)3-5(14)9(18)13(22)11(20)7(3)16/h15-22H,1H3. The van der Waals surface area contributed by atoms with Gasteiger partial charge in [-0.1, -0.05) is 0 Å². The number of rotatable bonds is 0. The highest BCUT2D eigenvalue weighted by Crippen LogP contribution is 2.57. The number of hydrogen-bond donors (Lipinski definition) is 8. The van der Waals surface area contributed by atoms with Gasteiger partial charge in [0.05, 0.1) is 21.8 Å². The maximum Gasteiger partial charge on any atom is 0.206 e. The minimum atomic E-state index is -1.04. The summed E-state index contributed by atoms with van der Waals surface area (Å²) in [6.07, 6.45) is 0. The summed E-state index contributed by atoms with van der Waals surface area (Å²) in [5.74, 6) is -7.46. The van der Waals surface area contributed by atoms with E-state index in [1.807, 2.05) is 0 Å². The van der Waals surface area contributed by atoms with Crippen LogP contribution in [-0.4, -0.2) is 45.4 Å². The molecule has 0 saturated carbocycles. The van der Waals surface area contributed by atoms with E-state index >= 15 is 0 Å². The first-order chi connectivity index (χ1) is 10.2. The van der Waals surface area contributed by atoms with E-state index in [4.69, 9.17) is 0 Å². The highest BCUT2D eigenvalue weighted by molar-refractivity contribution is 6.19. The predicted octanol–water partition coefficient (Wildman–Crippen LogP) is 0.976. The van der Waals surface area contributed by atoms with Crippen LogP contribution in [0.2, 0.25) is 0 Å². The molecular formula is C13H11NO8. The van der Waals surface area contributed by atoms with Crippen LogP contribution in [-0.2, 0) is 7.05 Å². The van der Waals surface area contributed by atoms with Crippen molar-refractivity contribution in [3.05, 3.63) is 0 Å². The van der Waals surface area contributed by atoms with Crippen LogP contribution in [0.1, 0.15) is 0 Å². The molecule has 0 radical (unpaired) electrons. The summed E-state index contributed by atoms with van der Waals surface area (Å²) < 4.78 is 1.06. The summed E-state index contributed by atoms with van der Waals surface area (Å²) in [5.41, 5.74) is -0.475. The van der Waals surface area contributed by atoms with Gasteiger partial charge < -0.3 is 45.4 Å². The van der Waals surface area contributed by atoms with Gasteiger partial charge in [-0.15, -0.1) is 0 Å². The number of benzene rings is 2. The van der Waals surface area contributed by atoms with Crippen molar-refractivity contribution in [2.75, 3.05) is 0 Å². The van der Waals surface area contributed by atoms with Crippen LogP contribution in [0.3, 0.4) is 0 Å². The second kappa shape index (κ2) is 3.85. The van der Waals surface area contributed by atoms with Crippen molar-refractivity contribution < 1.29 is 40.9 Å². The van der Waals surface area contributed by atoms with Crippen molar-refractivity contribution in [1.29, 1.82) is 0 Å². The molecule has 0 aliphatic heterocycles. The highest BCUT2D eigenvalue weighted by Gasteiger charge is 2.30. The van der Waals surface area contributed by atoms with Crippen LogP contribution < -0.4 is 0 Å². The molecule has 0 saturated heterocycles. The van der Waals surface area contributed by atoms with E-state index in [1.54, 1.807) is 0 Å². The van der Waals surface area contributed by atoms with Gasteiger partial charge in [-0.3, -0.25) is 0 Å². The van der Waals surface area contributed by atoms with Crippen LogP contribution in [0.5, 0.6) is 46.0 Å². The lowest BCUT2D eigenvalue weighted by Crippen LogP contribution is -1.89. The Bertz CT molecular complexity index is 895. The zero-order chi connectivity index (χ0) is 16.5. The molecule has 0 unspecified atom stereocenters. The van der Waals surface area contributed by atoms with Gasteiger partial charge in [0.25, 0.3) is 0 Å². The molecule has 0 amide bonds. The van der Waals surface area contributed by atoms with Gasteiger partial charge in [0.2, 0.25) is 23.0 Å². The monoisotopic (exact) mass is 309 g/mol. The van der Waals surface area contributed by atoms with E-state index in [0.717, 1.165) is 4.57 Å². The lowest BCUT2D eigenvalue weighted by Gasteiger charge is -2.07. The molecule has 1 aromatic heterocycles. The highest BCUT2D eigenvalue weighted by atomic mass is 16.4. The van der Waals surface area contributed by atoms with Crippen LogP contribution >= 0.6 is 0 Å². The Hall–Kier alpha value is -3.36. The summed E-state index contributed by atoms with van der Waals surface area (Å²) in [4.78, 5) is 0. The Balaban J connectivity index is 2.81. The number of phenolic OH excluding ortho intramolecular Hbond substituents is 8. The van der Waals surface area contributed by atoms with E-state index in [9.17, 15) is 40.9 Å². The normalized spacial score (nSPS) is 11.5. The number of hydrogen-bond acceptors (Lipinski definition) is 8. The predicted molar refractivity (Wildman–Crippen MR) is 73.7 cm³/mol. The zero-order valence-corrected chi connectivity index (χ0v) is 11.0. The number of aryl methyl sites for hydroxylation is 1. The molecule has 2 aromatic carbocycles. The second-order valence-electron chi connectivity index (χ2n) is 4.80. The maximum absolute atomic E-state index is 9.98. The second-order valence-corrected chi connectivity index (χ2v) is 4.80. The Kier molecular flexibility index (Phi) is 2.38. The van der Waals surface area contributed by atoms with Crippen molar-refractivity contribution in [2.45, 2.75) is 0 Å². The maximum atomic E-state index is 9.98. The summed E-state index contributed by atoms with van der Waals surface area (Å²) in [6, 6.07) is 0.